The zero-order chi connectivity index (χ0) is 16.9. The largest absolute Gasteiger partial charge is 0.527 e. The Labute approximate surface area is 138 Å². The molecule has 118 valence electrons. The Morgan fingerprint density at radius 3 is 2.17 bits per heavy atom. The van der Waals surface area contributed by atoms with Crippen LogP contribution in [-0.2, 0) is 14.3 Å². The van der Waals surface area contributed by atoms with Gasteiger partial charge in [0.05, 0.1) is 12.8 Å². The van der Waals surface area contributed by atoms with Crippen molar-refractivity contribution in [1.29, 1.82) is 5.39 Å². The lowest BCUT2D eigenvalue weighted by molar-refractivity contribution is -0.136. The van der Waals surface area contributed by atoms with Crippen molar-refractivity contribution in [3.05, 3.63) is 88.3 Å². The van der Waals surface area contributed by atoms with Crippen molar-refractivity contribution in [1.82, 2.24) is 5.32 Å². The summed E-state index contributed by atoms with van der Waals surface area (Å²) in [5, 5.41) is 12.1. The maximum absolute atomic E-state index is 11.7. The Balaban J connectivity index is 2.11. The third kappa shape index (κ3) is 2.83. The number of methoxy groups -OCH3 is 1. The van der Waals surface area contributed by atoms with E-state index in [1.807, 2.05) is 60.7 Å². The highest BCUT2D eigenvalue weighted by atomic mass is 16.5. The normalized spacial score (nSPS) is 15.2. The fourth-order valence-electron chi connectivity index (χ4n) is 2.33. The second-order valence-corrected chi connectivity index (χ2v) is 4.93. The lowest BCUT2D eigenvalue weighted by Gasteiger charge is -2.04. The molecule has 1 heterocycles. The van der Waals surface area contributed by atoms with E-state index in [1.54, 1.807) is 0 Å². The van der Waals surface area contributed by atoms with E-state index in [4.69, 9.17) is 10.1 Å². The Bertz CT molecular complexity index is 812. The molecule has 6 nitrogen and oxygen atoms in total. The van der Waals surface area contributed by atoms with E-state index in [0.29, 0.717) is 11.5 Å². The quantitative estimate of drug-likeness (QED) is 0.533. The molecule has 0 aliphatic carbocycles. The fraction of sp³-hybridized carbons (Fsp3) is 0.0556. The zero-order valence-corrected chi connectivity index (χ0v) is 12.9. The summed E-state index contributed by atoms with van der Waals surface area (Å²) in [6.45, 7) is 0. The summed E-state index contributed by atoms with van der Waals surface area (Å²) >= 11 is 0. The number of diazo groups is 1. The van der Waals surface area contributed by atoms with Crippen LogP contribution in [0.2, 0.25) is 0 Å². The summed E-state index contributed by atoms with van der Waals surface area (Å²) in [4.78, 5) is 14.7. The minimum atomic E-state index is -0.804. The molecule has 1 aliphatic heterocycles. The third-order valence-electron chi connectivity index (χ3n) is 3.46. The molecular weight excluding hydrogens is 306 g/mol. The standard InChI is InChI=1S/C18H13N3O3/c1-23-18(22)15(21-19)17-20-14(12-8-4-2-5-9-12)16(24-17)13-10-6-3-7-11-13/h2-11H,1H3/p+1. The molecule has 3 rings (SSSR count). The minimum Gasteiger partial charge on any atom is -0.460 e. The predicted molar refractivity (Wildman–Crippen MR) is 88.0 cm³/mol. The summed E-state index contributed by atoms with van der Waals surface area (Å²) in [7, 11) is 1.20. The number of rotatable bonds is 3. The molecule has 24 heavy (non-hydrogen) atoms. The lowest BCUT2D eigenvalue weighted by atomic mass is 10.1. The van der Waals surface area contributed by atoms with Crippen molar-refractivity contribution in [2.75, 3.05) is 7.11 Å². The van der Waals surface area contributed by atoms with Gasteiger partial charge in [0.2, 0.25) is 5.39 Å². The highest BCUT2D eigenvalue weighted by molar-refractivity contribution is 5.95. The van der Waals surface area contributed by atoms with Gasteiger partial charge in [0.25, 0.3) is 0 Å². The van der Waals surface area contributed by atoms with Gasteiger partial charge in [0.1, 0.15) is 0 Å². The topological polar surface area (TPSA) is 75.7 Å². The summed E-state index contributed by atoms with van der Waals surface area (Å²) in [5.41, 5.74) is 2.02. The van der Waals surface area contributed by atoms with Crippen LogP contribution in [0.25, 0.3) is 16.4 Å². The first-order valence-electron chi connectivity index (χ1n) is 7.22. The van der Waals surface area contributed by atoms with Gasteiger partial charge in [0, 0.05) is 11.1 Å². The maximum Gasteiger partial charge on any atom is 0.527 e. The molecule has 0 unspecified atom stereocenters. The van der Waals surface area contributed by atoms with E-state index in [1.165, 1.54) is 7.11 Å². The molecule has 0 atom stereocenters. The molecule has 0 amide bonds. The Kier molecular flexibility index (Phi) is 4.25. The first-order chi connectivity index (χ1) is 11.7. The van der Waals surface area contributed by atoms with Crippen molar-refractivity contribution in [3.8, 4) is 0 Å². The van der Waals surface area contributed by atoms with E-state index >= 15 is 0 Å². The van der Waals surface area contributed by atoms with Crippen LogP contribution in [0.4, 0.5) is 0 Å². The van der Waals surface area contributed by atoms with Gasteiger partial charge >= 0.3 is 17.5 Å². The molecule has 0 fully saturated rings. The summed E-state index contributed by atoms with van der Waals surface area (Å²) < 4.78 is 10.4. The Morgan fingerprint density at radius 1 is 1.04 bits per heavy atom. The van der Waals surface area contributed by atoms with E-state index in [2.05, 4.69) is 15.0 Å². The van der Waals surface area contributed by atoms with Crippen LogP contribution < -0.4 is 5.32 Å². The van der Waals surface area contributed by atoms with Crippen LogP contribution in [-0.4, -0.2) is 13.1 Å². The minimum absolute atomic E-state index is 0.0158. The lowest BCUT2D eigenvalue weighted by Crippen LogP contribution is -2.13. The van der Waals surface area contributed by atoms with Crippen molar-refractivity contribution in [2.45, 2.75) is 0 Å². The molecule has 1 aliphatic rings. The number of hydrogen-bond acceptors (Lipinski definition) is 5. The molecule has 0 radical (unpaired) electrons. The second-order valence-electron chi connectivity index (χ2n) is 4.93. The van der Waals surface area contributed by atoms with Crippen LogP contribution in [0.3, 0.4) is 0 Å². The highest BCUT2D eigenvalue weighted by Gasteiger charge is 2.37. The molecule has 2 aromatic carbocycles. The zero-order valence-electron chi connectivity index (χ0n) is 12.9. The molecule has 6 heteroatoms. The number of hydrogen-bond donors (Lipinski definition) is 1. The first kappa shape index (κ1) is 15.3. The molecule has 0 saturated carbocycles. The van der Waals surface area contributed by atoms with Crippen LogP contribution in [0, 0.1) is 5.39 Å². The number of ether oxygens (including phenoxy) is 2. The average molecular weight is 320 g/mol. The highest BCUT2D eigenvalue weighted by Crippen LogP contribution is 2.34. The molecule has 0 saturated heterocycles. The Morgan fingerprint density at radius 2 is 1.62 bits per heavy atom. The first-order valence-corrected chi connectivity index (χ1v) is 7.22. The maximum atomic E-state index is 11.7. The van der Waals surface area contributed by atoms with Crippen molar-refractivity contribution in [2.24, 2.45) is 0 Å². The molecule has 0 aromatic heterocycles. The second kappa shape index (κ2) is 6.67. The summed E-state index contributed by atoms with van der Waals surface area (Å²) in [6.07, 6.45) is 0. The summed E-state index contributed by atoms with van der Waals surface area (Å²) in [6, 6.07) is 18.9. The molecule has 0 spiro atoms. The third-order valence-corrected chi connectivity index (χ3v) is 3.46. The SMILES string of the molecule is COC(=O)C([N+]#N)=C1NC(c2ccccc2)=C(c2ccccc2)O1. The van der Waals surface area contributed by atoms with Gasteiger partial charge in [-0.25, -0.2) is 4.79 Å². The number of esters is 1. The van der Waals surface area contributed by atoms with Crippen LogP contribution in [0.1, 0.15) is 11.1 Å². The van der Waals surface area contributed by atoms with Crippen molar-refractivity contribution >= 4 is 17.4 Å². The van der Waals surface area contributed by atoms with Gasteiger partial charge in [-0.3, -0.25) is 0 Å². The van der Waals surface area contributed by atoms with Crippen molar-refractivity contribution < 1.29 is 14.3 Å². The number of nitrogens with zero attached hydrogens (tertiary/aromatic N) is 2. The number of nitrogens with one attached hydrogen (secondary N) is 1. The van der Waals surface area contributed by atoms with Gasteiger partial charge in [0.15, 0.2) is 10.7 Å². The monoisotopic (exact) mass is 320 g/mol. The van der Waals surface area contributed by atoms with Crippen LogP contribution in [0.5, 0.6) is 0 Å². The fourth-order valence-corrected chi connectivity index (χ4v) is 2.33. The molecule has 1 N–H and O–H groups in total. The van der Waals surface area contributed by atoms with E-state index in [9.17, 15) is 4.79 Å². The smallest absolute Gasteiger partial charge is 0.460 e. The van der Waals surface area contributed by atoms with Crippen LogP contribution in [0.15, 0.2) is 72.2 Å². The van der Waals surface area contributed by atoms with Gasteiger partial charge in [-0.15, -0.1) is 0 Å². The average Bonchev–Trinajstić information content (AvgIpc) is 3.08. The molecule has 2 aromatic rings. The van der Waals surface area contributed by atoms with Gasteiger partial charge in [-0.05, 0) is 0 Å². The summed E-state index contributed by atoms with van der Waals surface area (Å²) in [5.74, 6) is -0.259. The van der Waals surface area contributed by atoms with E-state index in [0.717, 1.165) is 11.1 Å². The van der Waals surface area contributed by atoms with Crippen LogP contribution >= 0.6 is 0 Å². The van der Waals surface area contributed by atoms with Gasteiger partial charge < -0.3 is 14.8 Å². The van der Waals surface area contributed by atoms with E-state index < -0.39 is 5.97 Å². The number of carbonyl (C=O) groups is 1. The number of carbonyl (C=O) groups excluding carboxylic acids is 1. The predicted octanol–water partition coefficient (Wildman–Crippen LogP) is 3.33. The molecular formula is C18H14N3O3+. The Hall–Kier alpha value is -3.59. The molecule has 0 bridgehead atoms. The van der Waals surface area contributed by atoms with Crippen molar-refractivity contribution in [3.63, 3.8) is 0 Å². The van der Waals surface area contributed by atoms with Gasteiger partial charge in [-0.2, -0.15) is 0 Å². The van der Waals surface area contributed by atoms with Gasteiger partial charge in [-0.1, -0.05) is 60.7 Å². The number of benzene rings is 2. The van der Waals surface area contributed by atoms with E-state index in [-0.39, 0.29) is 11.6 Å².